The lowest BCUT2D eigenvalue weighted by molar-refractivity contribution is -0.129. The van der Waals surface area contributed by atoms with Gasteiger partial charge in [0.05, 0.1) is 0 Å². The number of hydrogen-bond donors (Lipinski definition) is 0. The van der Waals surface area contributed by atoms with Crippen LogP contribution in [0.4, 0.5) is 0 Å². The molecule has 104 valence electrons. The lowest BCUT2D eigenvalue weighted by Crippen LogP contribution is -2.38. The number of benzene rings is 1. The molecule has 0 spiro atoms. The fourth-order valence-corrected chi connectivity index (χ4v) is 2.87. The van der Waals surface area contributed by atoms with Crippen LogP contribution >= 0.6 is 11.6 Å². The number of piperidine rings is 1. The van der Waals surface area contributed by atoms with Gasteiger partial charge in [-0.15, -0.1) is 11.6 Å². The Bertz CT molecular complexity index is 419. The van der Waals surface area contributed by atoms with Crippen LogP contribution in [0.25, 0.3) is 0 Å². The van der Waals surface area contributed by atoms with Crippen LogP contribution in [0.2, 0.25) is 0 Å². The fraction of sp³-hybridized carbons (Fsp3) is 0.562. The van der Waals surface area contributed by atoms with Gasteiger partial charge < -0.3 is 4.90 Å². The third-order valence-corrected chi connectivity index (χ3v) is 4.27. The van der Waals surface area contributed by atoms with E-state index in [0.29, 0.717) is 11.8 Å². The number of amides is 1. The van der Waals surface area contributed by atoms with Crippen molar-refractivity contribution in [3.63, 3.8) is 0 Å². The van der Waals surface area contributed by atoms with E-state index in [2.05, 4.69) is 38.1 Å². The van der Waals surface area contributed by atoms with Crippen LogP contribution in [0.3, 0.4) is 0 Å². The predicted octanol–water partition coefficient (Wildman–Crippen LogP) is 3.75. The summed E-state index contributed by atoms with van der Waals surface area (Å²) >= 11 is 5.59. The topological polar surface area (TPSA) is 20.3 Å². The highest BCUT2D eigenvalue weighted by Crippen LogP contribution is 2.29. The first-order valence-electron chi connectivity index (χ1n) is 7.05. The van der Waals surface area contributed by atoms with Gasteiger partial charge in [0.15, 0.2) is 0 Å². The van der Waals surface area contributed by atoms with Crippen LogP contribution in [0, 0.1) is 0 Å². The lowest BCUT2D eigenvalue weighted by Gasteiger charge is -2.32. The maximum atomic E-state index is 11.5. The third-order valence-electron chi connectivity index (χ3n) is 4.04. The smallest absolute Gasteiger partial charge is 0.237 e. The molecule has 19 heavy (non-hydrogen) atoms. The van der Waals surface area contributed by atoms with Gasteiger partial charge in [-0.25, -0.2) is 0 Å². The first-order valence-corrected chi connectivity index (χ1v) is 7.59. The van der Waals surface area contributed by atoms with Crippen molar-refractivity contribution in [1.29, 1.82) is 0 Å². The number of halogens is 1. The fourth-order valence-electron chi connectivity index (χ4n) is 2.70. The molecule has 0 atom stereocenters. The van der Waals surface area contributed by atoms with Gasteiger partial charge in [-0.3, -0.25) is 4.79 Å². The highest BCUT2D eigenvalue weighted by molar-refractivity contribution is 6.27. The first-order chi connectivity index (χ1) is 9.11. The number of likely N-dealkylation sites (tertiary alicyclic amines) is 1. The number of nitrogens with zero attached hydrogens (tertiary/aromatic N) is 1. The van der Waals surface area contributed by atoms with Crippen LogP contribution in [0.1, 0.15) is 49.7 Å². The minimum atomic E-state index is 0.0651. The van der Waals surface area contributed by atoms with Crippen LogP contribution in [0.15, 0.2) is 24.3 Å². The van der Waals surface area contributed by atoms with Gasteiger partial charge in [0.25, 0.3) is 0 Å². The van der Waals surface area contributed by atoms with E-state index >= 15 is 0 Å². The van der Waals surface area contributed by atoms with Crippen molar-refractivity contribution in [2.24, 2.45) is 0 Å². The predicted molar refractivity (Wildman–Crippen MR) is 79.8 cm³/mol. The zero-order valence-corrected chi connectivity index (χ0v) is 12.5. The van der Waals surface area contributed by atoms with Crippen LogP contribution in [0.5, 0.6) is 0 Å². The van der Waals surface area contributed by atoms with Gasteiger partial charge >= 0.3 is 0 Å². The summed E-state index contributed by atoms with van der Waals surface area (Å²) in [4.78, 5) is 13.4. The Hall–Kier alpha value is -1.02. The van der Waals surface area contributed by atoms with E-state index in [1.165, 1.54) is 11.1 Å². The molecule has 1 heterocycles. The Morgan fingerprint density at radius 3 is 2.32 bits per heavy atom. The minimum Gasteiger partial charge on any atom is -0.342 e. The molecule has 0 radical (unpaired) electrons. The molecule has 0 bridgehead atoms. The highest BCUT2D eigenvalue weighted by atomic mass is 35.5. The zero-order chi connectivity index (χ0) is 13.8. The molecular formula is C16H22ClNO. The van der Waals surface area contributed by atoms with Gasteiger partial charge in [0.2, 0.25) is 5.91 Å². The summed E-state index contributed by atoms with van der Waals surface area (Å²) in [5.41, 5.74) is 2.79. The van der Waals surface area contributed by atoms with Gasteiger partial charge in [-0.1, -0.05) is 38.1 Å². The van der Waals surface area contributed by atoms with Crippen LogP contribution in [-0.2, 0) is 4.79 Å². The van der Waals surface area contributed by atoms with E-state index in [1.807, 2.05) is 4.90 Å². The number of carbonyl (C=O) groups is 1. The highest BCUT2D eigenvalue weighted by Gasteiger charge is 2.23. The molecule has 0 unspecified atom stereocenters. The second-order valence-corrected chi connectivity index (χ2v) is 5.88. The molecule has 3 heteroatoms. The lowest BCUT2D eigenvalue weighted by atomic mass is 9.88. The second-order valence-electron chi connectivity index (χ2n) is 5.61. The summed E-state index contributed by atoms with van der Waals surface area (Å²) in [7, 11) is 0. The van der Waals surface area contributed by atoms with Gasteiger partial charge in [-0.05, 0) is 35.8 Å². The van der Waals surface area contributed by atoms with Crippen molar-refractivity contribution < 1.29 is 4.79 Å². The minimum absolute atomic E-state index is 0.0651. The molecule has 1 aromatic rings. The number of hydrogen-bond acceptors (Lipinski definition) is 1. The Kier molecular flexibility index (Phi) is 4.87. The van der Waals surface area contributed by atoms with Gasteiger partial charge in [0.1, 0.15) is 5.88 Å². The standard InChI is InChI=1S/C16H22ClNO/c1-12(2)13-3-5-14(6-4-13)15-7-9-18(10-8-15)16(19)11-17/h3-6,12,15H,7-11H2,1-2H3. The average molecular weight is 280 g/mol. The van der Waals surface area contributed by atoms with E-state index in [9.17, 15) is 4.79 Å². The quantitative estimate of drug-likeness (QED) is 0.772. The Labute approximate surface area is 120 Å². The van der Waals surface area contributed by atoms with Crippen molar-refractivity contribution >= 4 is 17.5 Å². The molecule has 1 aliphatic heterocycles. The molecule has 2 nitrogen and oxygen atoms in total. The largest absolute Gasteiger partial charge is 0.342 e. The second kappa shape index (κ2) is 6.42. The normalized spacial score (nSPS) is 16.9. The summed E-state index contributed by atoms with van der Waals surface area (Å²) < 4.78 is 0. The molecule has 2 rings (SSSR count). The maximum absolute atomic E-state index is 11.5. The van der Waals surface area contributed by atoms with Crippen molar-refractivity contribution in [3.05, 3.63) is 35.4 Å². The maximum Gasteiger partial charge on any atom is 0.237 e. The first kappa shape index (κ1) is 14.4. The van der Waals surface area contributed by atoms with Gasteiger partial charge in [-0.2, -0.15) is 0 Å². The van der Waals surface area contributed by atoms with Crippen molar-refractivity contribution in [1.82, 2.24) is 4.90 Å². The van der Waals surface area contributed by atoms with Crippen LogP contribution < -0.4 is 0 Å². The Morgan fingerprint density at radius 1 is 1.26 bits per heavy atom. The molecule has 0 aromatic heterocycles. The molecule has 0 saturated carbocycles. The molecular weight excluding hydrogens is 258 g/mol. The van der Waals surface area contributed by atoms with Crippen molar-refractivity contribution in [3.8, 4) is 0 Å². The summed E-state index contributed by atoms with van der Waals surface area (Å²) in [5.74, 6) is 1.33. The number of alkyl halides is 1. The summed E-state index contributed by atoms with van der Waals surface area (Å²) in [6.07, 6.45) is 2.09. The summed E-state index contributed by atoms with van der Waals surface area (Å²) in [6, 6.07) is 8.96. The van der Waals surface area contributed by atoms with Crippen molar-refractivity contribution in [2.45, 2.75) is 38.5 Å². The molecule has 1 saturated heterocycles. The molecule has 1 aromatic carbocycles. The van der Waals surface area contributed by atoms with E-state index in [0.717, 1.165) is 25.9 Å². The van der Waals surface area contributed by atoms with E-state index < -0.39 is 0 Å². The van der Waals surface area contributed by atoms with Gasteiger partial charge in [0, 0.05) is 13.1 Å². The molecule has 1 amide bonds. The van der Waals surface area contributed by atoms with E-state index in [-0.39, 0.29) is 11.8 Å². The molecule has 1 fully saturated rings. The average Bonchev–Trinajstić information content (AvgIpc) is 2.46. The zero-order valence-electron chi connectivity index (χ0n) is 11.7. The Balaban J connectivity index is 1.96. The summed E-state index contributed by atoms with van der Waals surface area (Å²) in [6.45, 7) is 6.10. The van der Waals surface area contributed by atoms with Crippen molar-refractivity contribution in [2.75, 3.05) is 19.0 Å². The molecule has 0 aliphatic carbocycles. The van der Waals surface area contributed by atoms with Crippen LogP contribution in [-0.4, -0.2) is 29.8 Å². The molecule has 0 N–H and O–H groups in total. The third kappa shape index (κ3) is 3.50. The Morgan fingerprint density at radius 2 is 1.84 bits per heavy atom. The number of carbonyl (C=O) groups excluding carboxylic acids is 1. The monoisotopic (exact) mass is 279 g/mol. The summed E-state index contributed by atoms with van der Waals surface area (Å²) in [5, 5.41) is 0. The SMILES string of the molecule is CC(C)c1ccc(C2CCN(C(=O)CCl)CC2)cc1. The number of rotatable bonds is 3. The van der Waals surface area contributed by atoms with E-state index in [1.54, 1.807) is 0 Å². The molecule has 1 aliphatic rings. The van der Waals surface area contributed by atoms with E-state index in [4.69, 9.17) is 11.6 Å².